The van der Waals surface area contributed by atoms with Crippen LogP contribution in [0.3, 0.4) is 0 Å². The largest absolute Gasteiger partial charge is 0.465 e. The molecule has 1 unspecified atom stereocenters. The molecule has 0 saturated carbocycles. The fraction of sp³-hybridized carbons (Fsp3) is 0.538. The molecule has 0 aliphatic rings. The Morgan fingerprint density at radius 2 is 2.29 bits per heavy atom. The highest BCUT2D eigenvalue weighted by Crippen LogP contribution is 2.22. The molecule has 0 aliphatic heterocycles. The number of nitrogens with one attached hydrogen (secondary N) is 2. The van der Waals surface area contributed by atoms with E-state index in [1.165, 1.54) is 18.1 Å². The number of hydrogen-bond acceptors (Lipinski definition) is 7. The number of hydrogen-bond donors (Lipinski definition) is 2. The maximum absolute atomic E-state index is 11.9. The van der Waals surface area contributed by atoms with Crippen molar-refractivity contribution in [1.82, 2.24) is 25.3 Å². The van der Waals surface area contributed by atoms with E-state index in [0.29, 0.717) is 18.0 Å². The standard InChI is InChI=1S/C13H19N5O2S/c1-3-5-14-9(13(19)20-4-2)6-21-12-10-11(16-7-15-10)17-8-18-12/h7-9,14H,3-6H2,1-2H3,(H,15,16,17,18). The lowest BCUT2D eigenvalue weighted by molar-refractivity contribution is -0.144. The van der Waals surface area contributed by atoms with E-state index in [1.54, 1.807) is 13.3 Å². The molecule has 2 rings (SSSR count). The van der Waals surface area contributed by atoms with Gasteiger partial charge in [-0.2, -0.15) is 0 Å². The number of imidazole rings is 1. The Hall–Kier alpha value is -1.67. The summed E-state index contributed by atoms with van der Waals surface area (Å²) >= 11 is 1.48. The lowest BCUT2D eigenvalue weighted by Gasteiger charge is -2.16. The minimum Gasteiger partial charge on any atom is -0.465 e. The predicted octanol–water partition coefficient (Wildman–Crippen LogP) is 1.38. The first kappa shape index (κ1) is 15.7. The van der Waals surface area contributed by atoms with Gasteiger partial charge in [0.1, 0.15) is 22.9 Å². The van der Waals surface area contributed by atoms with Crippen LogP contribution >= 0.6 is 11.8 Å². The summed E-state index contributed by atoms with van der Waals surface area (Å²) in [5.41, 5.74) is 1.42. The van der Waals surface area contributed by atoms with Gasteiger partial charge >= 0.3 is 5.97 Å². The quantitative estimate of drug-likeness (QED) is 0.432. The summed E-state index contributed by atoms with van der Waals surface area (Å²) in [6.45, 7) is 5.01. The van der Waals surface area contributed by atoms with E-state index in [-0.39, 0.29) is 12.0 Å². The van der Waals surface area contributed by atoms with Gasteiger partial charge < -0.3 is 15.0 Å². The van der Waals surface area contributed by atoms with Crippen molar-refractivity contribution in [2.75, 3.05) is 18.9 Å². The second-order valence-corrected chi connectivity index (χ2v) is 5.36. The van der Waals surface area contributed by atoms with Crippen molar-refractivity contribution < 1.29 is 9.53 Å². The molecular weight excluding hydrogens is 290 g/mol. The van der Waals surface area contributed by atoms with Crippen LogP contribution in [0.25, 0.3) is 11.2 Å². The molecule has 0 fully saturated rings. The average Bonchev–Trinajstić information content (AvgIpc) is 2.96. The highest BCUT2D eigenvalue weighted by Gasteiger charge is 2.20. The maximum Gasteiger partial charge on any atom is 0.323 e. The summed E-state index contributed by atoms with van der Waals surface area (Å²) in [6, 6.07) is -0.345. The first-order valence-corrected chi connectivity index (χ1v) is 7.91. The highest BCUT2D eigenvalue weighted by atomic mass is 32.2. The zero-order valence-electron chi connectivity index (χ0n) is 12.1. The van der Waals surface area contributed by atoms with Crippen LogP contribution in [0.4, 0.5) is 0 Å². The molecule has 1 atom stereocenters. The summed E-state index contributed by atoms with van der Waals surface area (Å²) in [5, 5.41) is 3.98. The summed E-state index contributed by atoms with van der Waals surface area (Å²) in [7, 11) is 0. The fourth-order valence-electron chi connectivity index (χ4n) is 1.79. The molecule has 0 bridgehead atoms. The van der Waals surface area contributed by atoms with Gasteiger partial charge in [-0.3, -0.25) is 4.79 Å². The van der Waals surface area contributed by atoms with Crippen molar-refractivity contribution in [2.24, 2.45) is 0 Å². The number of ether oxygens (including phenoxy) is 1. The van der Waals surface area contributed by atoms with Crippen molar-refractivity contribution in [3.63, 3.8) is 0 Å². The van der Waals surface area contributed by atoms with Crippen LogP contribution in [0.1, 0.15) is 20.3 Å². The van der Waals surface area contributed by atoms with Gasteiger partial charge in [-0.15, -0.1) is 11.8 Å². The van der Waals surface area contributed by atoms with E-state index in [1.807, 2.05) is 0 Å². The summed E-state index contributed by atoms with van der Waals surface area (Å²) in [4.78, 5) is 27.3. The molecule has 0 amide bonds. The van der Waals surface area contributed by atoms with Crippen LogP contribution in [0.2, 0.25) is 0 Å². The van der Waals surface area contributed by atoms with Crippen molar-refractivity contribution in [1.29, 1.82) is 0 Å². The minimum atomic E-state index is -0.345. The van der Waals surface area contributed by atoms with Crippen molar-refractivity contribution in [3.05, 3.63) is 12.7 Å². The third kappa shape index (κ3) is 4.15. The molecule has 0 aromatic carbocycles. The Kier molecular flexibility index (Phi) is 5.94. The van der Waals surface area contributed by atoms with Gasteiger partial charge in [0.25, 0.3) is 0 Å². The molecular formula is C13H19N5O2S. The summed E-state index contributed by atoms with van der Waals surface area (Å²) in [6.07, 6.45) is 4.02. The van der Waals surface area contributed by atoms with Crippen LogP contribution in [0.5, 0.6) is 0 Å². The second-order valence-electron chi connectivity index (χ2n) is 4.35. The van der Waals surface area contributed by atoms with Gasteiger partial charge in [0.05, 0.1) is 12.9 Å². The number of rotatable bonds is 8. The van der Waals surface area contributed by atoms with E-state index in [0.717, 1.165) is 23.5 Å². The number of H-pyrrole nitrogens is 1. The van der Waals surface area contributed by atoms with Crippen LogP contribution in [0.15, 0.2) is 17.7 Å². The molecule has 0 saturated heterocycles. The number of carbonyl (C=O) groups excluding carboxylic acids is 1. The number of nitrogens with zero attached hydrogens (tertiary/aromatic N) is 3. The normalized spacial score (nSPS) is 12.5. The summed E-state index contributed by atoms with van der Waals surface area (Å²) < 4.78 is 5.09. The van der Waals surface area contributed by atoms with Gasteiger partial charge in [-0.1, -0.05) is 6.92 Å². The molecule has 0 aliphatic carbocycles. The second kappa shape index (κ2) is 7.94. The zero-order chi connectivity index (χ0) is 15.1. The Labute approximate surface area is 127 Å². The molecule has 21 heavy (non-hydrogen) atoms. The van der Waals surface area contributed by atoms with E-state index >= 15 is 0 Å². The van der Waals surface area contributed by atoms with Gasteiger partial charge in [0, 0.05) is 5.75 Å². The van der Waals surface area contributed by atoms with Gasteiger partial charge in [-0.25, -0.2) is 15.0 Å². The van der Waals surface area contributed by atoms with Crippen molar-refractivity contribution in [3.8, 4) is 0 Å². The average molecular weight is 309 g/mol. The minimum absolute atomic E-state index is 0.228. The van der Waals surface area contributed by atoms with E-state index < -0.39 is 0 Å². The van der Waals surface area contributed by atoms with E-state index in [9.17, 15) is 4.79 Å². The van der Waals surface area contributed by atoms with Crippen LogP contribution < -0.4 is 5.32 Å². The topological polar surface area (TPSA) is 92.8 Å². The van der Waals surface area contributed by atoms with Gasteiger partial charge in [-0.05, 0) is 19.9 Å². The Balaban J connectivity index is 2.03. The first-order valence-electron chi connectivity index (χ1n) is 6.93. The monoisotopic (exact) mass is 309 g/mol. The lowest BCUT2D eigenvalue weighted by atomic mass is 10.3. The third-order valence-electron chi connectivity index (χ3n) is 2.79. The highest BCUT2D eigenvalue weighted by molar-refractivity contribution is 7.99. The third-order valence-corrected chi connectivity index (χ3v) is 3.87. The molecule has 8 heteroatoms. The molecule has 2 aromatic rings. The fourth-order valence-corrected chi connectivity index (χ4v) is 2.78. The smallest absolute Gasteiger partial charge is 0.323 e. The maximum atomic E-state index is 11.9. The molecule has 114 valence electrons. The Bertz CT molecular complexity index is 589. The van der Waals surface area contributed by atoms with Gasteiger partial charge in [0.2, 0.25) is 0 Å². The molecule has 0 radical (unpaired) electrons. The lowest BCUT2D eigenvalue weighted by Crippen LogP contribution is -2.40. The number of thioether (sulfide) groups is 1. The van der Waals surface area contributed by atoms with Crippen molar-refractivity contribution in [2.45, 2.75) is 31.3 Å². The van der Waals surface area contributed by atoms with Crippen LogP contribution in [0, 0.1) is 0 Å². The molecule has 2 heterocycles. The first-order chi connectivity index (χ1) is 10.3. The Morgan fingerprint density at radius 1 is 1.43 bits per heavy atom. The summed E-state index contributed by atoms with van der Waals surface area (Å²) in [5.74, 6) is 0.317. The number of aromatic nitrogens is 4. The number of fused-ring (bicyclic) bond motifs is 1. The molecule has 2 aromatic heterocycles. The Morgan fingerprint density at radius 3 is 3.05 bits per heavy atom. The van der Waals surface area contributed by atoms with Crippen LogP contribution in [-0.2, 0) is 9.53 Å². The van der Waals surface area contributed by atoms with Gasteiger partial charge in [0.15, 0.2) is 5.65 Å². The molecule has 0 spiro atoms. The number of aromatic amines is 1. The SMILES string of the molecule is CCCNC(CSc1ncnc2nc[nH]c12)C(=O)OCC. The predicted molar refractivity (Wildman–Crippen MR) is 81.1 cm³/mol. The molecule has 2 N–H and O–H groups in total. The van der Waals surface area contributed by atoms with E-state index in [4.69, 9.17) is 4.74 Å². The van der Waals surface area contributed by atoms with Crippen LogP contribution in [-0.4, -0.2) is 50.9 Å². The number of esters is 1. The van der Waals surface area contributed by atoms with Crippen molar-refractivity contribution >= 4 is 28.9 Å². The zero-order valence-corrected chi connectivity index (χ0v) is 12.9. The number of carbonyl (C=O) groups is 1. The molecule has 7 nitrogen and oxygen atoms in total. The van der Waals surface area contributed by atoms with E-state index in [2.05, 4.69) is 32.2 Å².